The monoisotopic (exact) mass is 595 g/mol. The van der Waals surface area contributed by atoms with E-state index in [9.17, 15) is 31.9 Å². The molecule has 4 rings (SSSR count). The van der Waals surface area contributed by atoms with Gasteiger partial charge in [0.1, 0.15) is 17.3 Å². The van der Waals surface area contributed by atoms with Gasteiger partial charge in [-0.3, -0.25) is 9.36 Å². The number of rotatable bonds is 7. The summed E-state index contributed by atoms with van der Waals surface area (Å²) in [5, 5.41) is -0.303. The minimum Gasteiger partial charge on any atom is -0.463 e. The number of carbonyl (C=O) groups is 1. The zero-order valence-electron chi connectivity index (χ0n) is 21.5. The smallest absolute Gasteiger partial charge is 0.431 e. The van der Waals surface area contributed by atoms with Crippen molar-refractivity contribution in [2.75, 3.05) is 13.2 Å². The molecule has 9 nitrogen and oxygen atoms in total. The van der Waals surface area contributed by atoms with Crippen molar-refractivity contribution >= 4 is 17.6 Å². The molecular weight excluding hydrogens is 574 g/mol. The first-order valence-electron chi connectivity index (χ1n) is 11.7. The molecule has 41 heavy (non-hydrogen) atoms. The van der Waals surface area contributed by atoms with Crippen molar-refractivity contribution in [1.82, 2.24) is 14.1 Å². The van der Waals surface area contributed by atoms with Crippen LogP contribution in [-0.4, -0.2) is 33.3 Å². The largest absolute Gasteiger partial charge is 0.463 e. The van der Waals surface area contributed by atoms with Crippen LogP contribution in [0.1, 0.15) is 12.6 Å². The highest BCUT2D eigenvalue weighted by atomic mass is 35.5. The third-order valence-electron chi connectivity index (χ3n) is 5.11. The van der Waals surface area contributed by atoms with Crippen molar-refractivity contribution in [2.45, 2.75) is 13.1 Å². The molecule has 0 aliphatic heterocycles. The number of halogens is 5. The molecule has 2 aromatic carbocycles. The minimum absolute atomic E-state index is 0.0797. The summed E-state index contributed by atoms with van der Waals surface area (Å²) in [6, 6.07) is 16.6. The number of hydrogen-bond acceptors (Lipinski definition) is 7. The van der Waals surface area contributed by atoms with Crippen molar-refractivity contribution in [1.29, 1.82) is 0 Å². The van der Waals surface area contributed by atoms with Crippen LogP contribution in [-0.2, 0) is 22.8 Å². The van der Waals surface area contributed by atoms with E-state index >= 15 is 0 Å². The zero-order valence-corrected chi connectivity index (χ0v) is 22.3. The number of hydrogen-bond donors (Lipinski definition) is 0. The molecule has 0 saturated heterocycles. The molecule has 0 unspecified atom stereocenters. The predicted octanol–water partition coefficient (Wildman–Crippen LogP) is 5.16. The van der Waals surface area contributed by atoms with Crippen LogP contribution >= 0.6 is 11.6 Å². The lowest BCUT2D eigenvalue weighted by molar-refractivity contribution is -0.145. The summed E-state index contributed by atoms with van der Waals surface area (Å²) in [5.41, 5.74) is -5.08. The first-order chi connectivity index (χ1) is 19.4. The highest BCUT2D eigenvalue weighted by molar-refractivity contribution is 6.32. The SMILES string of the molecule is CCOC(=O)COc1ncccc1Oc1cc(-n2c(=O)cc(C(F)(F)F)n(C)c2=O)c(F)cc1Cl.c1ccccc1. The molecule has 14 heteroatoms. The molecule has 0 fully saturated rings. The fourth-order valence-corrected chi connectivity index (χ4v) is 3.47. The zero-order chi connectivity index (χ0) is 30.2. The minimum atomic E-state index is -4.99. The van der Waals surface area contributed by atoms with Crippen molar-refractivity contribution in [3.05, 3.63) is 110 Å². The third-order valence-corrected chi connectivity index (χ3v) is 5.40. The topological polar surface area (TPSA) is 102 Å². The van der Waals surface area contributed by atoms with Gasteiger partial charge in [0, 0.05) is 25.4 Å². The Morgan fingerprint density at radius 3 is 2.22 bits per heavy atom. The van der Waals surface area contributed by atoms with E-state index in [-0.39, 0.29) is 44.2 Å². The van der Waals surface area contributed by atoms with Crippen LogP contribution in [0.25, 0.3) is 5.69 Å². The molecule has 0 aliphatic carbocycles. The molecule has 4 aromatic rings. The van der Waals surface area contributed by atoms with Gasteiger partial charge >= 0.3 is 17.8 Å². The summed E-state index contributed by atoms with van der Waals surface area (Å²) >= 11 is 6.04. The summed E-state index contributed by atoms with van der Waals surface area (Å²) in [6.45, 7) is 1.24. The number of ether oxygens (including phenoxy) is 3. The van der Waals surface area contributed by atoms with E-state index < -0.39 is 47.2 Å². The Bertz CT molecular complexity index is 1600. The summed E-state index contributed by atoms with van der Waals surface area (Å²) in [4.78, 5) is 40.4. The van der Waals surface area contributed by atoms with Crippen molar-refractivity contribution < 1.29 is 36.6 Å². The van der Waals surface area contributed by atoms with Gasteiger partial charge in [-0.1, -0.05) is 48.0 Å². The van der Waals surface area contributed by atoms with E-state index in [4.69, 9.17) is 25.8 Å². The van der Waals surface area contributed by atoms with Gasteiger partial charge in [0.05, 0.1) is 17.3 Å². The van der Waals surface area contributed by atoms with Gasteiger partial charge in [0.2, 0.25) is 0 Å². The maximum Gasteiger partial charge on any atom is 0.431 e. The number of nitrogens with zero attached hydrogens (tertiary/aromatic N) is 3. The average Bonchev–Trinajstić information content (AvgIpc) is 2.93. The number of carbonyl (C=O) groups excluding carboxylic acids is 1. The van der Waals surface area contributed by atoms with Crippen LogP contribution in [0.5, 0.6) is 17.4 Å². The first-order valence-corrected chi connectivity index (χ1v) is 12.1. The maximum atomic E-state index is 14.7. The Kier molecular flexibility index (Phi) is 10.3. The second-order valence-electron chi connectivity index (χ2n) is 7.93. The molecule has 0 amide bonds. The van der Waals surface area contributed by atoms with E-state index in [1.165, 1.54) is 18.3 Å². The van der Waals surface area contributed by atoms with Gasteiger partial charge < -0.3 is 14.2 Å². The molecule has 2 aromatic heterocycles. The predicted molar refractivity (Wildman–Crippen MR) is 140 cm³/mol. The van der Waals surface area contributed by atoms with Crippen molar-refractivity contribution in [2.24, 2.45) is 7.05 Å². The highest BCUT2D eigenvalue weighted by Crippen LogP contribution is 2.36. The van der Waals surface area contributed by atoms with Crippen LogP contribution in [0.15, 0.2) is 82.5 Å². The molecule has 0 N–H and O–H groups in total. The molecule has 0 aliphatic rings. The lowest BCUT2D eigenvalue weighted by Gasteiger charge is -2.16. The van der Waals surface area contributed by atoms with E-state index in [0.29, 0.717) is 6.07 Å². The molecule has 0 saturated carbocycles. The fourth-order valence-electron chi connectivity index (χ4n) is 3.28. The van der Waals surface area contributed by atoms with Crippen LogP contribution in [0.2, 0.25) is 5.02 Å². The quantitative estimate of drug-likeness (QED) is 0.215. The van der Waals surface area contributed by atoms with Gasteiger partial charge in [-0.2, -0.15) is 13.2 Å². The van der Waals surface area contributed by atoms with Crippen LogP contribution in [0, 0.1) is 5.82 Å². The number of pyridine rings is 1. The summed E-state index contributed by atoms with van der Waals surface area (Å²) in [5.74, 6) is -2.38. The Labute approximate surface area is 235 Å². The highest BCUT2D eigenvalue weighted by Gasteiger charge is 2.35. The fraction of sp³-hybridized carbons (Fsp3) is 0.185. The molecule has 0 radical (unpaired) electrons. The lowest BCUT2D eigenvalue weighted by atomic mass is 10.2. The van der Waals surface area contributed by atoms with Gasteiger partial charge in [-0.25, -0.2) is 23.5 Å². The van der Waals surface area contributed by atoms with Gasteiger partial charge in [-0.05, 0) is 25.1 Å². The van der Waals surface area contributed by atoms with Crippen LogP contribution < -0.4 is 20.7 Å². The Balaban J connectivity index is 0.000000681. The second kappa shape index (κ2) is 13.6. The number of benzene rings is 2. The van der Waals surface area contributed by atoms with E-state index in [1.54, 1.807) is 6.92 Å². The number of alkyl halides is 3. The van der Waals surface area contributed by atoms with Crippen molar-refractivity contribution in [3.8, 4) is 23.1 Å². The van der Waals surface area contributed by atoms with Gasteiger partial charge in [-0.15, -0.1) is 0 Å². The Hall–Kier alpha value is -4.65. The van der Waals surface area contributed by atoms with Crippen LogP contribution in [0.4, 0.5) is 17.6 Å². The Morgan fingerprint density at radius 2 is 1.63 bits per heavy atom. The summed E-state index contributed by atoms with van der Waals surface area (Å²) in [6.07, 6.45) is -3.66. The molecular formula is C27H22ClF4N3O6. The second-order valence-corrected chi connectivity index (χ2v) is 8.34. The van der Waals surface area contributed by atoms with Gasteiger partial charge in [0.25, 0.3) is 11.4 Å². The normalized spacial score (nSPS) is 10.8. The number of aromatic nitrogens is 3. The van der Waals surface area contributed by atoms with E-state index in [0.717, 1.165) is 13.1 Å². The average molecular weight is 596 g/mol. The molecule has 0 spiro atoms. The summed E-state index contributed by atoms with van der Waals surface area (Å²) < 4.78 is 70.0. The number of esters is 1. The van der Waals surface area contributed by atoms with E-state index in [2.05, 4.69) is 4.98 Å². The van der Waals surface area contributed by atoms with Crippen LogP contribution in [0.3, 0.4) is 0 Å². The molecule has 216 valence electrons. The first kappa shape index (κ1) is 30.9. The van der Waals surface area contributed by atoms with Gasteiger partial charge in [0.15, 0.2) is 12.4 Å². The van der Waals surface area contributed by atoms with E-state index in [1.807, 2.05) is 36.4 Å². The molecule has 0 bridgehead atoms. The molecule has 0 atom stereocenters. The lowest BCUT2D eigenvalue weighted by Crippen LogP contribution is -2.41. The molecule has 2 heterocycles. The summed E-state index contributed by atoms with van der Waals surface area (Å²) in [7, 11) is 0.787. The standard InChI is InChI=1S/C21H16ClF4N3O6.C6H6/c1-3-33-18(31)10-34-19-14(5-4-6-27-19)35-15-8-13(12(23)7-11(15)22)29-17(30)9-16(21(24,25)26)28(2)20(29)32;1-2-4-6-5-3-1/h4-9H,3,10H2,1-2H3;1-6H. The van der Waals surface area contributed by atoms with Crippen molar-refractivity contribution in [3.63, 3.8) is 0 Å². The maximum absolute atomic E-state index is 14.7. The third kappa shape index (κ3) is 7.94. The Morgan fingerprint density at radius 1 is 1.00 bits per heavy atom.